The predicted octanol–water partition coefficient (Wildman–Crippen LogP) is 3.31. The van der Waals surface area contributed by atoms with E-state index in [1.807, 2.05) is 12.1 Å². The molecular weight excluding hydrogens is 212 g/mol. The van der Waals surface area contributed by atoms with Gasteiger partial charge in [-0.2, -0.15) is 5.26 Å². The minimum Gasteiger partial charge on any atom is -0.495 e. The van der Waals surface area contributed by atoms with Gasteiger partial charge < -0.3 is 10.1 Å². The van der Waals surface area contributed by atoms with Gasteiger partial charge in [0.1, 0.15) is 5.75 Å². The van der Waals surface area contributed by atoms with Crippen LogP contribution in [0, 0.1) is 11.3 Å². The highest BCUT2D eigenvalue weighted by atomic mass is 16.5. The number of methoxy groups -OCH3 is 1. The van der Waals surface area contributed by atoms with Crippen molar-refractivity contribution in [2.75, 3.05) is 12.4 Å². The summed E-state index contributed by atoms with van der Waals surface area (Å²) < 4.78 is 5.32. The first kappa shape index (κ1) is 11.8. The molecule has 0 heterocycles. The minimum atomic E-state index is 0.547. The molecule has 0 atom stereocenters. The Bertz CT molecular complexity index is 417. The van der Waals surface area contributed by atoms with Crippen LogP contribution in [0.3, 0.4) is 0 Å². The summed E-state index contributed by atoms with van der Waals surface area (Å²) in [6.45, 7) is 0. The van der Waals surface area contributed by atoms with Crippen LogP contribution in [-0.2, 0) is 0 Å². The Balaban J connectivity index is 2.11. The molecule has 1 aromatic rings. The topological polar surface area (TPSA) is 45.0 Å². The van der Waals surface area contributed by atoms with E-state index in [0.717, 1.165) is 11.4 Å². The molecule has 1 N–H and O–H groups in total. The fourth-order valence-electron chi connectivity index (χ4n) is 2.35. The van der Waals surface area contributed by atoms with Crippen LogP contribution in [0.15, 0.2) is 18.2 Å². The average Bonchev–Trinajstić information content (AvgIpc) is 2.40. The molecule has 17 heavy (non-hydrogen) atoms. The first-order chi connectivity index (χ1) is 8.33. The Morgan fingerprint density at radius 2 is 2.06 bits per heavy atom. The van der Waals surface area contributed by atoms with Gasteiger partial charge in [0.25, 0.3) is 0 Å². The van der Waals surface area contributed by atoms with Gasteiger partial charge in [-0.15, -0.1) is 0 Å². The van der Waals surface area contributed by atoms with Gasteiger partial charge in [-0.1, -0.05) is 19.3 Å². The maximum Gasteiger partial charge on any atom is 0.143 e. The van der Waals surface area contributed by atoms with E-state index in [9.17, 15) is 0 Å². The lowest BCUT2D eigenvalue weighted by Crippen LogP contribution is -2.22. The third kappa shape index (κ3) is 2.91. The molecule has 3 heteroatoms. The zero-order valence-electron chi connectivity index (χ0n) is 10.2. The van der Waals surface area contributed by atoms with Crippen LogP contribution in [-0.4, -0.2) is 13.2 Å². The molecule has 1 aliphatic rings. The molecule has 1 saturated carbocycles. The molecule has 1 aliphatic carbocycles. The molecule has 0 aromatic heterocycles. The molecule has 1 fully saturated rings. The molecule has 1 aromatic carbocycles. The minimum absolute atomic E-state index is 0.547. The van der Waals surface area contributed by atoms with Crippen LogP contribution in [0.25, 0.3) is 0 Å². The fourth-order valence-corrected chi connectivity index (χ4v) is 2.35. The quantitative estimate of drug-likeness (QED) is 0.866. The van der Waals surface area contributed by atoms with E-state index in [1.165, 1.54) is 32.1 Å². The average molecular weight is 230 g/mol. The Morgan fingerprint density at radius 3 is 2.71 bits per heavy atom. The lowest BCUT2D eigenvalue weighted by atomic mass is 9.95. The van der Waals surface area contributed by atoms with Gasteiger partial charge in [0.15, 0.2) is 0 Å². The molecule has 0 bridgehead atoms. The SMILES string of the molecule is COc1cc(C#N)ccc1NC1CCCCC1. The third-order valence-corrected chi connectivity index (χ3v) is 3.30. The highest BCUT2D eigenvalue weighted by Crippen LogP contribution is 2.29. The van der Waals surface area contributed by atoms with Crippen molar-refractivity contribution in [1.29, 1.82) is 5.26 Å². The van der Waals surface area contributed by atoms with Crippen LogP contribution >= 0.6 is 0 Å². The van der Waals surface area contributed by atoms with Gasteiger partial charge in [0.05, 0.1) is 24.4 Å². The second kappa shape index (κ2) is 5.58. The highest BCUT2D eigenvalue weighted by molar-refractivity contribution is 5.59. The van der Waals surface area contributed by atoms with Crippen LogP contribution in [0.1, 0.15) is 37.7 Å². The molecule has 0 radical (unpaired) electrons. The van der Waals surface area contributed by atoms with Crippen molar-refractivity contribution in [3.63, 3.8) is 0 Å². The zero-order chi connectivity index (χ0) is 12.1. The number of nitriles is 1. The van der Waals surface area contributed by atoms with Gasteiger partial charge in [-0.3, -0.25) is 0 Å². The second-order valence-corrected chi connectivity index (χ2v) is 4.51. The van der Waals surface area contributed by atoms with E-state index in [4.69, 9.17) is 10.00 Å². The molecule has 0 unspecified atom stereocenters. The summed E-state index contributed by atoms with van der Waals surface area (Å²) in [5.74, 6) is 0.759. The number of hydrogen-bond acceptors (Lipinski definition) is 3. The van der Waals surface area contributed by atoms with Crippen LogP contribution < -0.4 is 10.1 Å². The maximum atomic E-state index is 8.84. The summed E-state index contributed by atoms with van der Waals surface area (Å²) >= 11 is 0. The molecule has 0 spiro atoms. The number of benzene rings is 1. The maximum absolute atomic E-state index is 8.84. The molecule has 3 nitrogen and oxygen atoms in total. The third-order valence-electron chi connectivity index (χ3n) is 3.30. The largest absolute Gasteiger partial charge is 0.495 e. The Morgan fingerprint density at radius 1 is 1.29 bits per heavy atom. The number of hydrogen-bond donors (Lipinski definition) is 1. The van der Waals surface area contributed by atoms with Crippen molar-refractivity contribution in [3.8, 4) is 11.8 Å². The van der Waals surface area contributed by atoms with Crippen LogP contribution in [0.2, 0.25) is 0 Å². The van der Waals surface area contributed by atoms with E-state index in [0.29, 0.717) is 11.6 Å². The van der Waals surface area contributed by atoms with Crippen LogP contribution in [0.5, 0.6) is 5.75 Å². The summed E-state index contributed by atoms with van der Waals surface area (Å²) in [5, 5.41) is 12.4. The molecule has 0 amide bonds. The van der Waals surface area contributed by atoms with E-state index in [-0.39, 0.29) is 0 Å². The summed E-state index contributed by atoms with van der Waals surface area (Å²) in [6, 6.07) is 8.22. The number of rotatable bonds is 3. The first-order valence-electron chi connectivity index (χ1n) is 6.18. The number of anilines is 1. The highest BCUT2D eigenvalue weighted by Gasteiger charge is 2.14. The predicted molar refractivity (Wildman–Crippen MR) is 68.2 cm³/mol. The van der Waals surface area contributed by atoms with Gasteiger partial charge in [0, 0.05) is 12.1 Å². The van der Waals surface area contributed by atoms with Gasteiger partial charge in [-0.05, 0) is 25.0 Å². The number of nitrogens with zero attached hydrogens (tertiary/aromatic N) is 1. The molecular formula is C14H18N2O. The Kier molecular flexibility index (Phi) is 3.87. The number of nitrogens with one attached hydrogen (secondary N) is 1. The lowest BCUT2D eigenvalue weighted by molar-refractivity contribution is 0.413. The molecule has 90 valence electrons. The van der Waals surface area contributed by atoms with Gasteiger partial charge >= 0.3 is 0 Å². The van der Waals surface area contributed by atoms with Crippen molar-refractivity contribution >= 4 is 5.69 Å². The van der Waals surface area contributed by atoms with Crippen LogP contribution in [0.4, 0.5) is 5.69 Å². The standard InChI is InChI=1S/C14H18N2O/c1-17-14-9-11(10-15)7-8-13(14)16-12-5-3-2-4-6-12/h7-9,12,16H,2-6H2,1H3. The Hall–Kier alpha value is -1.69. The normalized spacial score (nSPS) is 16.2. The molecule has 2 rings (SSSR count). The summed E-state index contributed by atoms with van der Waals surface area (Å²) in [6.07, 6.45) is 6.40. The van der Waals surface area contributed by atoms with Crippen molar-refractivity contribution in [2.45, 2.75) is 38.1 Å². The molecule has 0 aliphatic heterocycles. The van der Waals surface area contributed by atoms with Gasteiger partial charge in [-0.25, -0.2) is 0 Å². The van der Waals surface area contributed by atoms with E-state index >= 15 is 0 Å². The van der Waals surface area contributed by atoms with E-state index in [2.05, 4.69) is 11.4 Å². The van der Waals surface area contributed by atoms with Crippen molar-refractivity contribution < 1.29 is 4.74 Å². The van der Waals surface area contributed by atoms with E-state index < -0.39 is 0 Å². The fraction of sp³-hybridized carbons (Fsp3) is 0.500. The van der Waals surface area contributed by atoms with E-state index in [1.54, 1.807) is 13.2 Å². The summed E-state index contributed by atoms with van der Waals surface area (Å²) in [4.78, 5) is 0. The van der Waals surface area contributed by atoms with Crippen molar-refractivity contribution in [1.82, 2.24) is 0 Å². The first-order valence-corrected chi connectivity index (χ1v) is 6.18. The molecule has 0 saturated heterocycles. The summed E-state index contributed by atoms with van der Waals surface area (Å²) in [7, 11) is 1.64. The monoisotopic (exact) mass is 230 g/mol. The van der Waals surface area contributed by atoms with Gasteiger partial charge in [0.2, 0.25) is 0 Å². The zero-order valence-corrected chi connectivity index (χ0v) is 10.2. The number of ether oxygens (including phenoxy) is 1. The summed E-state index contributed by atoms with van der Waals surface area (Å²) in [5.41, 5.74) is 1.63. The van der Waals surface area contributed by atoms with Crippen molar-refractivity contribution in [2.24, 2.45) is 0 Å². The van der Waals surface area contributed by atoms with Crippen molar-refractivity contribution in [3.05, 3.63) is 23.8 Å². The Labute approximate surface area is 102 Å². The lowest BCUT2D eigenvalue weighted by Gasteiger charge is -2.24. The second-order valence-electron chi connectivity index (χ2n) is 4.51. The smallest absolute Gasteiger partial charge is 0.143 e.